The molecule has 0 aliphatic carbocycles. The number of hydrogen-bond acceptors (Lipinski definition) is 6. The molecule has 0 saturated heterocycles. The molecule has 3 heterocycles. The molecule has 4 aromatic rings. The summed E-state index contributed by atoms with van der Waals surface area (Å²) in [5.41, 5.74) is 2.67. The van der Waals surface area contributed by atoms with Crippen molar-refractivity contribution >= 4 is 23.1 Å². The first-order valence-electron chi connectivity index (χ1n) is 10.5. The van der Waals surface area contributed by atoms with E-state index in [4.69, 9.17) is 0 Å². The summed E-state index contributed by atoms with van der Waals surface area (Å²) < 4.78 is 16.6. The number of halogens is 1. The van der Waals surface area contributed by atoms with E-state index in [1.54, 1.807) is 37.1 Å². The van der Waals surface area contributed by atoms with Gasteiger partial charge in [0.1, 0.15) is 5.82 Å². The zero-order valence-corrected chi connectivity index (χ0v) is 18.0. The number of nitrogens with zero attached hydrogens (tertiary/aromatic N) is 5. The van der Waals surface area contributed by atoms with Gasteiger partial charge in [0.25, 0.3) is 5.91 Å². The molecule has 1 aromatic carbocycles. The molecule has 0 spiro atoms. The number of aromatic amines is 1. The van der Waals surface area contributed by atoms with Gasteiger partial charge in [0.05, 0.1) is 23.8 Å². The van der Waals surface area contributed by atoms with Crippen LogP contribution in [0.25, 0.3) is 16.9 Å². The van der Waals surface area contributed by atoms with E-state index in [1.807, 2.05) is 4.40 Å². The third kappa shape index (κ3) is 4.45. The fraction of sp³-hybridized carbons (Fsp3) is 0.273. The molecule has 0 fully saturated rings. The minimum Gasteiger partial charge on any atom is -0.351 e. The van der Waals surface area contributed by atoms with Crippen LogP contribution in [0.2, 0.25) is 0 Å². The Bertz CT molecular complexity index is 1200. The van der Waals surface area contributed by atoms with Crippen molar-refractivity contribution < 1.29 is 9.18 Å². The standard InChI is InChI=1S/C22H25FN8O/c1-3-30(4-2)9-7-25-22(32)15-5-6-18(17(23)11-15)29-20-21-24-8-10-31(21)19(14-26-20)16-12-27-28-13-16/h5-6,8,10-14H,3-4,7,9H2,1-2H3,(H,25,32)(H,26,29)(H,27,28). The normalized spacial score (nSPS) is 11.2. The molecule has 0 unspecified atom stereocenters. The molecule has 0 aliphatic rings. The summed E-state index contributed by atoms with van der Waals surface area (Å²) in [6, 6.07) is 4.33. The molecule has 166 valence electrons. The Labute approximate surface area is 184 Å². The molecule has 0 bridgehead atoms. The fourth-order valence-corrected chi connectivity index (χ4v) is 3.47. The molecule has 3 N–H and O–H groups in total. The smallest absolute Gasteiger partial charge is 0.251 e. The van der Waals surface area contributed by atoms with Gasteiger partial charge in [-0.25, -0.2) is 14.4 Å². The molecule has 4 rings (SSSR count). The zero-order valence-electron chi connectivity index (χ0n) is 18.0. The quantitative estimate of drug-likeness (QED) is 0.373. The van der Waals surface area contributed by atoms with Crippen molar-refractivity contribution in [2.75, 3.05) is 31.5 Å². The highest BCUT2D eigenvalue weighted by atomic mass is 19.1. The summed E-state index contributed by atoms with van der Waals surface area (Å²) in [7, 11) is 0. The summed E-state index contributed by atoms with van der Waals surface area (Å²) in [5, 5.41) is 12.6. The highest BCUT2D eigenvalue weighted by Gasteiger charge is 2.14. The largest absolute Gasteiger partial charge is 0.351 e. The van der Waals surface area contributed by atoms with Gasteiger partial charge in [0, 0.05) is 42.8 Å². The maximum Gasteiger partial charge on any atom is 0.251 e. The lowest BCUT2D eigenvalue weighted by Crippen LogP contribution is -2.34. The second-order valence-electron chi connectivity index (χ2n) is 7.20. The Morgan fingerprint density at radius 3 is 2.78 bits per heavy atom. The van der Waals surface area contributed by atoms with Gasteiger partial charge in [-0.3, -0.25) is 14.3 Å². The van der Waals surface area contributed by atoms with E-state index in [1.165, 1.54) is 12.1 Å². The summed E-state index contributed by atoms with van der Waals surface area (Å²) in [6.07, 6.45) is 8.56. The Hall–Kier alpha value is -3.79. The number of aromatic nitrogens is 5. The van der Waals surface area contributed by atoms with Crippen LogP contribution < -0.4 is 10.6 Å². The first-order valence-corrected chi connectivity index (χ1v) is 10.5. The Balaban J connectivity index is 1.49. The first kappa shape index (κ1) is 21.4. The Morgan fingerprint density at radius 2 is 2.06 bits per heavy atom. The maximum absolute atomic E-state index is 14.8. The summed E-state index contributed by atoms with van der Waals surface area (Å²) >= 11 is 0. The van der Waals surface area contributed by atoms with E-state index in [9.17, 15) is 9.18 Å². The lowest BCUT2D eigenvalue weighted by Gasteiger charge is -2.18. The van der Waals surface area contributed by atoms with Gasteiger partial charge in [0.15, 0.2) is 11.5 Å². The monoisotopic (exact) mass is 436 g/mol. The van der Waals surface area contributed by atoms with Crippen molar-refractivity contribution in [1.29, 1.82) is 0 Å². The average molecular weight is 436 g/mol. The predicted molar refractivity (Wildman–Crippen MR) is 120 cm³/mol. The first-order chi connectivity index (χ1) is 15.6. The summed E-state index contributed by atoms with van der Waals surface area (Å²) in [4.78, 5) is 23.3. The van der Waals surface area contributed by atoms with Crippen LogP contribution in [-0.4, -0.2) is 61.6 Å². The van der Waals surface area contributed by atoms with Crippen molar-refractivity contribution in [3.63, 3.8) is 0 Å². The molecule has 0 aliphatic heterocycles. The van der Waals surface area contributed by atoms with Crippen LogP contribution in [-0.2, 0) is 0 Å². The molecule has 32 heavy (non-hydrogen) atoms. The SMILES string of the molecule is CCN(CC)CCNC(=O)c1ccc(Nc2ncc(-c3cn[nH]c3)n3ccnc23)c(F)c1. The third-order valence-electron chi connectivity index (χ3n) is 5.31. The van der Waals surface area contributed by atoms with Gasteiger partial charge in [0.2, 0.25) is 0 Å². The Kier molecular flexibility index (Phi) is 6.41. The lowest BCUT2D eigenvalue weighted by atomic mass is 10.2. The number of likely N-dealkylation sites (N-methyl/N-ethyl adjacent to an activating group) is 1. The summed E-state index contributed by atoms with van der Waals surface area (Å²) in [5.74, 6) is -0.453. The molecule has 0 saturated carbocycles. The molecule has 0 atom stereocenters. The number of hydrogen-bond donors (Lipinski definition) is 3. The third-order valence-corrected chi connectivity index (χ3v) is 5.31. The molecule has 3 aromatic heterocycles. The van der Waals surface area contributed by atoms with Crippen molar-refractivity contribution in [1.82, 2.24) is 34.8 Å². The van der Waals surface area contributed by atoms with Gasteiger partial charge in [-0.15, -0.1) is 0 Å². The van der Waals surface area contributed by atoms with E-state index in [0.717, 1.165) is 30.9 Å². The number of carbonyl (C=O) groups excluding carboxylic acids is 1. The van der Waals surface area contributed by atoms with Crippen LogP contribution >= 0.6 is 0 Å². The number of rotatable bonds is 9. The van der Waals surface area contributed by atoms with E-state index >= 15 is 0 Å². The van der Waals surface area contributed by atoms with E-state index < -0.39 is 5.82 Å². The maximum atomic E-state index is 14.8. The van der Waals surface area contributed by atoms with Gasteiger partial charge in [-0.1, -0.05) is 13.8 Å². The van der Waals surface area contributed by atoms with Crippen molar-refractivity contribution in [2.45, 2.75) is 13.8 Å². The van der Waals surface area contributed by atoms with Gasteiger partial charge < -0.3 is 15.5 Å². The number of anilines is 2. The molecular weight excluding hydrogens is 411 g/mol. The number of H-pyrrole nitrogens is 1. The van der Waals surface area contributed by atoms with Gasteiger partial charge in [-0.05, 0) is 31.3 Å². The molecule has 1 amide bonds. The number of carbonyl (C=O) groups is 1. The predicted octanol–water partition coefficient (Wildman–Crippen LogP) is 3.07. The van der Waals surface area contributed by atoms with Crippen LogP contribution in [0.5, 0.6) is 0 Å². The molecular formula is C22H25FN8O. The minimum absolute atomic E-state index is 0.207. The van der Waals surface area contributed by atoms with Crippen molar-refractivity contribution in [2.24, 2.45) is 0 Å². The van der Waals surface area contributed by atoms with Crippen LogP contribution in [0.4, 0.5) is 15.9 Å². The fourth-order valence-electron chi connectivity index (χ4n) is 3.47. The molecule has 10 heteroatoms. The van der Waals surface area contributed by atoms with Crippen molar-refractivity contribution in [3.8, 4) is 11.3 Å². The number of nitrogens with one attached hydrogen (secondary N) is 3. The average Bonchev–Trinajstić information content (AvgIpc) is 3.51. The van der Waals surface area contributed by atoms with E-state index in [0.29, 0.717) is 18.0 Å². The molecule has 0 radical (unpaired) electrons. The number of imidazole rings is 1. The second-order valence-corrected chi connectivity index (χ2v) is 7.20. The second kappa shape index (κ2) is 9.56. The van der Waals surface area contributed by atoms with Crippen molar-refractivity contribution in [3.05, 3.63) is 60.6 Å². The lowest BCUT2D eigenvalue weighted by molar-refractivity contribution is 0.0948. The van der Waals surface area contributed by atoms with E-state index in [2.05, 4.69) is 49.5 Å². The van der Waals surface area contributed by atoms with Gasteiger partial charge in [-0.2, -0.15) is 5.10 Å². The highest BCUT2D eigenvalue weighted by molar-refractivity contribution is 5.94. The van der Waals surface area contributed by atoms with Crippen LogP contribution in [0.1, 0.15) is 24.2 Å². The van der Waals surface area contributed by atoms with Crippen LogP contribution in [0.15, 0.2) is 49.2 Å². The van der Waals surface area contributed by atoms with Gasteiger partial charge >= 0.3 is 0 Å². The molecule has 9 nitrogen and oxygen atoms in total. The van der Waals surface area contributed by atoms with Crippen LogP contribution in [0, 0.1) is 5.82 Å². The Morgan fingerprint density at radius 1 is 1.22 bits per heavy atom. The van der Waals surface area contributed by atoms with Crippen LogP contribution in [0.3, 0.4) is 0 Å². The number of amides is 1. The number of fused-ring (bicyclic) bond motifs is 1. The van der Waals surface area contributed by atoms with E-state index in [-0.39, 0.29) is 17.2 Å². The highest BCUT2D eigenvalue weighted by Crippen LogP contribution is 2.26. The summed E-state index contributed by atoms with van der Waals surface area (Å²) in [6.45, 7) is 7.24. The minimum atomic E-state index is -0.549. The topological polar surface area (TPSA) is 103 Å². The number of benzene rings is 1. The zero-order chi connectivity index (χ0) is 22.5.